The summed E-state index contributed by atoms with van der Waals surface area (Å²) in [5.41, 5.74) is 7.04. The maximum atomic E-state index is 12.3. The molecule has 118 valence electrons. The number of nitrogens with two attached hydrogens (primary N) is 1. The number of halogens is 1. The molecule has 3 rings (SSSR count). The van der Waals surface area contributed by atoms with Crippen LogP contribution in [0.3, 0.4) is 0 Å². The van der Waals surface area contributed by atoms with Gasteiger partial charge in [-0.1, -0.05) is 12.8 Å². The molecule has 0 radical (unpaired) electrons. The topological polar surface area (TPSA) is 98.7 Å². The molecule has 7 nitrogen and oxygen atoms in total. The van der Waals surface area contributed by atoms with E-state index in [4.69, 9.17) is 5.73 Å². The summed E-state index contributed by atoms with van der Waals surface area (Å²) in [4.78, 5) is 12.3. The molecule has 1 aliphatic rings. The molecular formula is C14H19ClN6O. The summed E-state index contributed by atoms with van der Waals surface area (Å²) >= 11 is 0. The molecule has 0 atom stereocenters. The van der Waals surface area contributed by atoms with Crippen molar-refractivity contribution in [2.75, 3.05) is 6.54 Å². The lowest BCUT2D eigenvalue weighted by atomic mass is 9.97. The molecule has 0 aliphatic heterocycles. The smallest absolute Gasteiger partial charge is 0.251 e. The van der Waals surface area contributed by atoms with Crippen molar-refractivity contribution < 1.29 is 4.79 Å². The Bertz CT molecular complexity index is 607. The number of hydrogen-bond donors (Lipinski definition) is 2. The van der Waals surface area contributed by atoms with Crippen molar-refractivity contribution in [1.82, 2.24) is 25.5 Å². The first-order valence-corrected chi connectivity index (χ1v) is 7.08. The number of carbonyl (C=O) groups is 1. The summed E-state index contributed by atoms with van der Waals surface area (Å²) in [6, 6.07) is 7.17. The number of nitrogens with zero attached hydrogens (tertiary/aromatic N) is 4. The second-order valence-electron chi connectivity index (χ2n) is 5.45. The molecule has 0 bridgehead atoms. The van der Waals surface area contributed by atoms with Gasteiger partial charge in [-0.15, -0.1) is 17.5 Å². The maximum Gasteiger partial charge on any atom is 0.251 e. The third-order valence-electron chi connectivity index (χ3n) is 4.07. The van der Waals surface area contributed by atoms with Gasteiger partial charge in [-0.25, -0.2) is 4.68 Å². The Morgan fingerprint density at radius 2 is 1.95 bits per heavy atom. The van der Waals surface area contributed by atoms with E-state index in [0.717, 1.165) is 31.4 Å². The average molecular weight is 323 g/mol. The monoisotopic (exact) mass is 322 g/mol. The first-order valence-electron chi connectivity index (χ1n) is 7.08. The summed E-state index contributed by atoms with van der Waals surface area (Å²) < 4.78 is 1.54. The van der Waals surface area contributed by atoms with Crippen LogP contribution in [0.15, 0.2) is 30.6 Å². The number of tetrazole rings is 1. The van der Waals surface area contributed by atoms with Gasteiger partial charge in [0.15, 0.2) is 0 Å². The lowest BCUT2D eigenvalue weighted by Crippen LogP contribution is -2.51. The predicted molar refractivity (Wildman–Crippen MR) is 84.1 cm³/mol. The zero-order valence-electron chi connectivity index (χ0n) is 12.1. The van der Waals surface area contributed by atoms with Crippen molar-refractivity contribution in [1.29, 1.82) is 0 Å². The Morgan fingerprint density at radius 1 is 1.27 bits per heavy atom. The first-order chi connectivity index (χ1) is 10.2. The SMILES string of the molecule is Cl.NCC1(NC(=O)c2ccc(-n3cnnn3)cc2)CCCC1. The van der Waals surface area contributed by atoms with Crippen LogP contribution in [0, 0.1) is 0 Å². The number of aromatic nitrogens is 4. The van der Waals surface area contributed by atoms with Gasteiger partial charge in [0.1, 0.15) is 6.33 Å². The highest BCUT2D eigenvalue weighted by molar-refractivity contribution is 5.94. The zero-order valence-corrected chi connectivity index (χ0v) is 12.9. The first kappa shape index (κ1) is 16.4. The van der Waals surface area contributed by atoms with Gasteiger partial charge in [0.2, 0.25) is 0 Å². The Labute approximate surface area is 134 Å². The normalized spacial score (nSPS) is 16.0. The van der Waals surface area contributed by atoms with Crippen molar-refractivity contribution in [2.24, 2.45) is 5.73 Å². The molecular weight excluding hydrogens is 304 g/mol. The van der Waals surface area contributed by atoms with Crippen molar-refractivity contribution in [2.45, 2.75) is 31.2 Å². The largest absolute Gasteiger partial charge is 0.345 e. The third kappa shape index (κ3) is 3.26. The molecule has 1 heterocycles. The fourth-order valence-corrected chi connectivity index (χ4v) is 2.79. The van der Waals surface area contributed by atoms with Crippen LogP contribution in [-0.4, -0.2) is 38.2 Å². The Hall–Kier alpha value is -1.99. The van der Waals surface area contributed by atoms with Crippen molar-refractivity contribution in [3.05, 3.63) is 36.2 Å². The van der Waals surface area contributed by atoms with Crippen LogP contribution in [0.4, 0.5) is 0 Å². The van der Waals surface area contributed by atoms with Gasteiger partial charge in [0.25, 0.3) is 5.91 Å². The Kier molecular flexibility index (Phi) is 5.10. The third-order valence-corrected chi connectivity index (χ3v) is 4.07. The van der Waals surface area contributed by atoms with Gasteiger partial charge in [-0.05, 0) is 47.5 Å². The molecule has 1 aromatic carbocycles. The number of nitrogens with one attached hydrogen (secondary N) is 1. The van der Waals surface area contributed by atoms with E-state index in [1.807, 2.05) is 12.1 Å². The molecule has 1 saturated carbocycles. The molecule has 8 heteroatoms. The fraction of sp³-hybridized carbons (Fsp3) is 0.429. The van der Waals surface area contributed by atoms with Crippen molar-refractivity contribution in [3.63, 3.8) is 0 Å². The molecule has 3 N–H and O–H groups in total. The summed E-state index contributed by atoms with van der Waals surface area (Å²) in [6.45, 7) is 0.488. The zero-order chi connectivity index (χ0) is 14.7. The van der Waals surface area contributed by atoms with Gasteiger partial charge in [-0.2, -0.15) is 0 Å². The summed E-state index contributed by atoms with van der Waals surface area (Å²) in [7, 11) is 0. The van der Waals surface area contributed by atoms with E-state index in [1.165, 1.54) is 6.33 Å². The van der Waals surface area contributed by atoms with E-state index in [2.05, 4.69) is 20.8 Å². The van der Waals surface area contributed by atoms with Crippen LogP contribution in [0.1, 0.15) is 36.0 Å². The Balaban J connectivity index is 0.00000176. The van der Waals surface area contributed by atoms with Crippen LogP contribution in [0.25, 0.3) is 5.69 Å². The standard InChI is InChI=1S/C14H18N6O.ClH/c15-9-14(7-1-2-8-14)17-13(21)11-3-5-12(6-4-11)20-10-16-18-19-20;/h3-6,10H,1-2,7-9,15H2,(H,17,21);1H. The summed E-state index contributed by atoms with van der Waals surface area (Å²) in [5.74, 6) is -0.0781. The van der Waals surface area contributed by atoms with Crippen LogP contribution in [-0.2, 0) is 0 Å². The predicted octanol–water partition coefficient (Wildman–Crippen LogP) is 1.09. The number of benzene rings is 1. The highest BCUT2D eigenvalue weighted by Crippen LogP contribution is 2.28. The van der Waals surface area contributed by atoms with Gasteiger partial charge >= 0.3 is 0 Å². The minimum atomic E-state index is -0.231. The number of amides is 1. The van der Waals surface area contributed by atoms with E-state index in [1.54, 1.807) is 16.8 Å². The van der Waals surface area contributed by atoms with E-state index >= 15 is 0 Å². The van der Waals surface area contributed by atoms with Crippen LogP contribution < -0.4 is 11.1 Å². The van der Waals surface area contributed by atoms with E-state index in [-0.39, 0.29) is 23.9 Å². The molecule has 22 heavy (non-hydrogen) atoms. The summed E-state index contributed by atoms with van der Waals surface area (Å²) in [6.07, 6.45) is 5.67. The molecule has 0 spiro atoms. The highest BCUT2D eigenvalue weighted by Gasteiger charge is 2.33. The molecule has 0 unspecified atom stereocenters. The number of rotatable bonds is 4. The molecule has 0 saturated heterocycles. The average Bonchev–Trinajstić information content (AvgIpc) is 3.19. The van der Waals surface area contributed by atoms with Gasteiger partial charge in [0, 0.05) is 12.1 Å². The van der Waals surface area contributed by atoms with Crippen molar-refractivity contribution >= 4 is 18.3 Å². The van der Waals surface area contributed by atoms with E-state index in [0.29, 0.717) is 12.1 Å². The number of hydrogen-bond acceptors (Lipinski definition) is 5. The van der Waals surface area contributed by atoms with Crippen LogP contribution in [0.5, 0.6) is 0 Å². The second-order valence-corrected chi connectivity index (χ2v) is 5.45. The van der Waals surface area contributed by atoms with Crippen LogP contribution in [0.2, 0.25) is 0 Å². The lowest BCUT2D eigenvalue weighted by molar-refractivity contribution is 0.0903. The van der Waals surface area contributed by atoms with Gasteiger partial charge < -0.3 is 11.1 Å². The lowest BCUT2D eigenvalue weighted by Gasteiger charge is -2.28. The van der Waals surface area contributed by atoms with E-state index < -0.39 is 0 Å². The Morgan fingerprint density at radius 3 is 2.50 bits per heavy atom. The fourth-order valence-electron chi connectivity index (χ4n) is 2.79. The maximum absolute atomic E-state index is 12.3. The minimum Gasteiger partial charge on any atom is -0.345 e. The van der Waals surface area contributed by atoms with Crippen LogP contribution >= 0.6 is 12.4 Å². The molecule has 2 aromatic rings. The second kappa shape index (κ2) is 6.85. The molecule has 1 fully saturated rings. The molecule has 1 aliphatic carbocycles. The minimum absolute atomic E-state index is 0. The molecule has 1 aromatic heterocycles. The quantitative estimate of drug-likeness (QED) is 0.877. The van der Waals surface area contributed by atoms with Gasteiger partial charge in [-0.3, -0.25) is 4.79 Å². The van der Waals surface area contributed by atoms with E-state index in [9.17, 15) is 4.79 Å². The van der Waals surface area contributed by atoms with Gasteiger partial charge in [0.05, 0.1) is 11.2 Å². The summed E-state index contributed by atoms with van der Waals surface area (Å²) in [5, 5.41) is 14.1. The van der Waals surface area contributed by atoms with Crippen molar-refractivity contribution in [3.8, 4) is 5.69 Å². The highest BCUT2D eigenvalue weighted by atomic mass is 35.5. The number of carbonyl (C=O) groups excluding carboxylic acids is 1. The molecule has 1 amide bonds.